The second kappa shape index (κ2) is 1.43. The second-order valence-corrected chi connectivity index (χ2v) is 1.47. The molecule has 6 heavy (non-hydrogen) atoms. The standard InChI is InChI=1S/C5H8O/c1-5-3-2-4-6-5/h2-3,5H,4H2,1H3/t5-/m1/s1. The highest BCUT2D eigenvalue weighted by Crippen LogP contribution is 1.99. The van der Waals surface area contributed by atoms with E-state index in [2.05, 4.69) is 6.08 Å². The smallest absolute Gasteiger partial charge is 0.0732 e. The van der Waals surface area contributed by atoms with Gasteiger partial charge >= 0.3 is 0 Å². The summed E-state index contributed by atoms with van der Waals surface area (Å²) in [4.78, 5) is 0. The minimum absolute atomic E-state index is 0.366. The van der Waals surface area contributed by atoms with Gasteiger partial charge < -0.3 is 4.74 Å². The van der Waals surface area contributed by atoms with Crippen LogP contribution in [-0.2, 0) is 4.74 Å². The van der Waals surface area contributed by atoms with Gasteiger partial charge in [-0.05, 0) is 6.92 Å². The SMILES string of the molecule is C[C@@H]1C=CCO1. The first kappa shape index (κ1) is 3.88. The summed E-state index contributed by atoms with van der Waals surface area (Å²) >= 11 is 0. The van der Waals surface area contributed by atoms with Crippen molar-refractivity contribution in [3.8, 4) is 0 Å². The van der Waals surface area contributed by atoms with Crippen molar-refractivity contribution >= 4 is 0 Å². The zero-order chi connectivity index (χ0) is 4.41. The third-order valence-electron chi connectivity index (χ3n) is 0.862. The highest BCUT2D eigenvalue weighted by molar-refractivity contribution is 4.92. The molecule has 1 heterocycles. The second-order valence-electron chi connectivity index (χ2n) is 1.47. The van der Waals surface area contributed by atoms with Crippen LogP contribution in [0.3, 0.4) is 0 Å². The van der Waals surface area contributed by atoms with Gasteiger partial charge in [-0.2, -0.15) is 0 Å². The van der Waals surface area contributed by atoms with E-state index in [1.165, 1.54) is 0 Å². The molecule has 0 N–H and O–H groups in total. The molecule has 1 rings (SSSR count). The maximum absolute atomic E-state index is 5.04. The Morgan fingerprint density at radius 3 is 2.83 bits per heavy atom. The lowest BCUT2D eigenvalue weighted by Crippen LogP contribution is -1.94. The van der Waals surface area contributed by atoms with E-state index in [0.717, 1.165) is 6.61 Å². The molecule has 1 aliphatic heterocycles. The van der Waals surface area contributed by atoms with Crippen LogP contribution in [0.4, 0.5) is 0 Å². The van der Waals surface area contributed by atoms with Crippen molar-refractivity contribution in [1.82, 2.24) is 0 Å². The van der Waals surface area contributed by atoms with Crippen LogP contribution < -0.4 is 0 Å². The summed E-state index contributed by atoms with van der Waals surface area (Å²) in [6.45, 7) is 2.84. The van der Waals surface area contributed by atoms with Gasteiger partial charge in [-0.1, -0.05) is 12.2 Å². The molecule has 0 saturated carbocycles. The summed E-state index contributed by atoms with van der Waals surface area (Å²) in [5.41, 5.74) is 0. The molecule has 1 aliphatic rings. The van der Waals surface area contributed by atoms with E-state index >= 15 is 0 Å². The Hall–Kier alpha value is -0.300. The van der Waals surface area contributed by atoms with Crippen LogP contribution in [-0.4, -0.2) is 12.7 Å². The Bertz CT molecular complexity index is 66.3. The molecule has 0 amide bonds. The topological polar surface area (TPSA) is 9.23 Å². The van der Waals surface area contributed by atoms with Crippen molar-refractivity contribution in [3.63, 3.8) is 0 Å². The van der Waals surface area contributed by atoms with Crippen molar-refractivity contribution < 1.29 is 4.74 Å². The number of hydrogen-bond donors (Lipinski definition) is 0. The Morgan fingerprint density at radius 1 is 1.83 bits per heavy atom. The van der Waals surface area contributed by atoms with Crippen molar-refractivity contribution in [2.45, 2.75) is 13.0 Å². The van der Waals surface area contributed by atoms with Gasteiger partial charge in [-0.15, -0.1) is 0 Å². The maximum Gasteiger partial charge on any atom is 0.0732 e. The van der Waals surface area contributed by atoms with Crippen LogP contribution >= 0.6 is 0 Å². The Labute approximate surface area is 37.6 Å². The highest BCUT2D eigenvalue weighted by Gasteiger charge is 1.98. The predicted molar refractivity (Wildman–Crippen MR) is 24.6 cm³/mol. The Morgan fingerprint density at radius 2 is 2.67 bits per heavy atom. The molecule has 0 fully saturated rings. The van der Waals surface area contributed by atoms with Crippen molar-refractivity contribution in [2.24, 2.45) is 0 Å². The molecule has 0 bridgehead atoms. The molecule has 1 atom stereocenters. The molecule has 0 unspecified atom stereocenters. The van der Waals surface area contributed by atoms with Gasteiger partial charge in [-0.3, -0.25) is 0 Å². The maximum atomic E-state index is 5.04. The van der Waals surface area contributed by atoms with E-state index in [1.54, 1.807) is 0 Å². The van der Waals surface area contributed by atoms with Gasteiger partial charge in [0.2, 0.25) is 0 Å². The molecule has 0 aromatic rings. The lowest BCUT2D eigenvalue weighted by molar-refractivity contribution is 0.142. The third kappa shape index (κ3) is 0.601. The molecule has 0 aliphatic carbocycles. The van der Waals surface area contributed by atoms with Crippen LogP contribution in [0.5, 0.6) is 0 Å². The number of ether oxygens (including phenoxy) is 1. The van der Waals surface area contributed by atoms with Gasteiger partial charge in [0.15, 0.2) is 0 Å². The summed E-state index contributed by atoms with van der Waals surface area (Å²) < 4.78 is 5.04. The van der Waals surface area contributed by atoms with Crippen LogP contribution in [0.2, 0.25) is 0 Å². The fourth-order valence-corrected chi connectivity index (χ4v) is 0.510. The highest BCUT2D eigenvalue weighted by atomic mass is 16.5. The summed E-state index contributed by atoms with van der Waals surface area (Å²) in [5, 5.41) is 0. The predicted octanol–water partition coefficient (Wildman–Crippen LogP) is 0.961. The van der Waals surface area contributed by atoms with Gasteiger partial charge in [-0.25, -0.2) is 0 Å². The Kier molecular flexibility index (Phi) is 0.926. The van der Waals surface area contributed by atoms with Gasteiger partial charge in [0, 0.05) is 0 Å². The quantitative estimate of drug-likeness (QED) is 0.397. The van der Waals surface area contributed by atoms with Crippen molar-refractivity contribution in [3.05, 3.63) is 12.2 Å². The van der Waals surface area contributed by atoms with Crippen LogP contribution in [0.15, 0.2) is 12.2 Å². The molecule has 34 valence electrons. The molecule has 0 radical (unpaired) electrons. The molecule has 0 spiro atoms. The molecule has 0 aromatic heterocycles. The van der Waals surface area contributed by atoms with Gasteiger partial charge in [0.25, 0.3) is 0 Å². The van der Waals surface area contributed by atoms with Crippen molar-refractivity contribution in [2.75, 3.05) is 6.61 Å². The zero-order valence-corrected chi connectivity index (χ0v) is 3.85. The van der Waals surface area contributed by atoms with Crippen LogP contribution in [0.25, 0.3) is 0 Å². The molecule has 0 saturated heterocycles. The van der Waals surface area contributed by atoms with Gasteiger partial charge in [0.1, 0.15) is 0 Å². The average Bonchev–Trinajstić information content (AvgIpc) is 1.86. The van der Waals surface area contributed by atoms with E-state index in [-0.39, 0.29) is 0 Å². The molecule has 1 heteroatoms. The first-order valence-electron chi connectivity index (χ1n) is 2.18. The normalized spacial score (nSPS) is 31.8. The van der Waals surface area contributed by atoms with Gasteiger partial charge in [0.05, 0.1) is 12.7 Å². The summed E-state index contributed by atoms with van der Waals surface area (Å²) in [7, 11) is 0. The van der Waals surface area contributed by atoms with Crippen LogP contribution in [0.1, 0.15) is 6.92 Å². The third-order valence-corrected chi connectivity index (χ3v) is 0.862. The minimum Gasteiger partial charge on any atom is -0.370 e. The first-order valence-corrected chi connectivity index (χ1v) is 2.18. The molecular formula is C5H8O. The van der Waals surface area contributed by atoms with E-state index in [9.17, 15) is 0 Å². The first-order chi connectivity index (χ1) is 2.89. The lowest BCUT2D eigenvalue weighted by atomic mass is 10.4. The summed E-state index contributed by atoms with van der Waals surface area (Å²) in [5.74, 6) is 0. The fraction of sp³-hybridized carbons (Fsp3) is 0.600. The summed E-state index contributed by atoms with van der Waals surface area (Å²) in [6.07, 6.45) is 4.45. The zero-order valence-electron chi connectivity index (χ0n) is 3.85. The molecule has 0 aromatic carbocycles. The van der Waals surface area contributed by atoms with E-state index in [0.29, 0.717) is 6.10 Å². The van der Waals surface area contributed by atoms with E-state index in [1.807, 2.05) is 13.0 Å². The molecule has 1 nitrogen and oxygen atoms in total. The Balaban J connectivity index is 2.38. The molecular weight excluding hydrogens is 76.1 g/mol. The largest absolute Gasteiger partial charge is 0.370 e. The summed E-state index contributed by atoms with van der Waals surface area (Å²) in [6, 6.07) is 0. The van der Waals surface area contributed by atoms with E-state index in [4.69, 9.17) is 4.74 Å². The number of rotatable bonds is 0. The lowest BCUT2D eigenvalue weighted by Gasteiger charge is -1.93. The average molecular weight is 84.1 g/mol. The van der Waals surface area contributed by atoms with Crippen molar-refractivity contribution in [1.29, 1.82) is 0 Å². The fourth-order valence-electron chi connectivity index (χ4n) is 0.510. The number of hydrogen-bond acceptors (Lipinski definition) is 1. The monoisotopic (exact) mass is 84.1 g/mol. The van der Waals surface area contributed by atoms with E-state index < -0.39 is 0 Å². The van der Waals surface area contributed by atoms with Crippen LogP contribution in [0, 0.1) is 0 Å². The minimum atomic E-state index is 0.366.